The molecule has 0 saturated heterocycles. The van der Waals surface area contributed by atoms with Gasteiger partial charge >= 0.3 is 5.97 Å². The number of rotatable bonds is 9. The normalized spacial score (nSPS) is 11.5. The molecule has 0 radical (unpaired) electrons. The first-order chi connectivity index (χ1) is 16.3. The second-order valence-electron chi connectivity index (χ2n) is 7.45. The quantitative estimate of drug-likeness (QED) is 0.415. The van der Waals surface area contributed by atoms with Crippen molar-refractivity contribution in [1.82, 2.24) is 10.3 Å². The zero-order chi connectivity index (χ0) is 24.7. The van der Waals surface area contributed by atoms with Gasteiger partial charge in [0, 0.05) is 25.1 Å². The van der Waals surface area contributed by atoms with Crippen molar-refractivity contribution >= 4 is 11.9 Å². The average molecular weight is 468 g/mol. The number of methoxy groups -OCH3 is 1. The van der Waals surface area contributed by atoms with Crippen LogP contribution in [0.5, 0.6) is 11.5 Å². The third-order valence-corrected chi connectivity index (χ3v) is 5.26. The lowest BCUT2D eigenvalue weighted by atomic mass is 9.87. The number of H-pyrrole nitrogens is 1. The summed E-state index contributed by atoms with van der Waals surface area (Å²) in [6.07, 6.45) is 0.884. The number of aromatic nitrogens is 1. The Morgan fingerprint density at radius 1 is 1.12 bits per heavy atom. The molecule has 3 N–H and O–H groups in total. The molecule has 2 aromatic carbocycles. The molecule has 0 aliphatic rings. The van der Waals surface area contributed by atoms with Crippen molar-refractivity contribution in [2.45, 2.75) is 25.8 Å². The maximum atomic E-state index is 13.1. The third-order valence-electron chi connectivity index (χ3n) is 5.26. The fourth-order valence-corrected chi connectivity index (χ4v) is 3.51. The molecule has 1 aromatic heterocycles. The number of ether oxygens (including phenoxy) is 2. The Morgan fingerprint density at radius 3 is 2.41 bits per heavy atom. The van der Waals surface area contributed by atoms with Crippen molar-refractivity contribution in [2.24, 2.45) is 0 Å². The topological polar surface area (TPSA) is 118 Å². The maximum absolute atomic E-state index is 13.1. The van der Waals surface area contributed by atoms with Gasteiger partial charge in [-0.25, -0.2) is 9.18 Å². The van der Waals surface area contributed by atoms with E-state index in [1.807, 2.05) is 0 Å². The van der Waals surface area contributed by atoms with Gasteiger partial charge in [-0.05, 0) is 42.3 Å². The largest absolute Gasteiger partial charge is 0.506 e. The minimum atomic E-state index is -0.878. The summed E-state index contributed by atoms with van der Waals surface area (Å²) in [5.74, 6) is -2.45. The molecule has 178 valence electrons. The zero-order valence-electron chi connectivity index (χ0n) is 18.8. The first-order valence-electron chi connectivity index (χ1n) is 10.6. The van der Waals surface area contributed by atoms with E-state index in [4.69, 9.17) is 9.47 Å². The van der Waals surface area contributed by atoms with Crippen LogP contribution in [0.15, 0.2) is 59.5 Å². The van der Waals surface area contributed by atoms with E-state index < -0.39 is 29.1 Å². The minimum Gasteiger partial charge on any atom is -0.506 e. The molecule has 1 heterocycles. The summed E-state index contributed by atoms with van der Waals surface area (Å²) in [4.78, 5) is 40.3. The van der Waals surface area contributed by atoms with Gasteiger partial charge in [-0.3, -0.25) is 9.59 Å². The standard InChI is InChI=1S/C25H25FN2O6/c1-3-34-25(32)20-14-28-24(31)22(23(20)30)19(16-6-10-18(33-2)11-7-16)12-21(29)27-13-15-4-8-17(26)9-5-15/h4-11,14,19H,3,12-13H2,1-2H3,(H,27,29)(H2,28,30,31). The number of amides is 1. The van der Waals surface area contributed by atoms with E-state index in [1.54, 1.807) is 43.3 Å². The predicted octanol–water partition coefficient (Wildman–Crippen LogP) is 3.24. The van der Waals surface area contributed by atoms with Gasteiger partial charge in [0.15, 0.2) is 0 Å². The summed E-state index contributed by atoms with van der Waals surface area (Å²) >= 11 is 0. The molecule has 1 amide bonds. The minimum absolute atomic E-state index is 0.0838. The van der Waals surface area contributed by atoms with Crippen LogP contribution < -0.4 is 15.6 Å². The third kappa shape index (κ3) is 5.80. The molecule has 0 fully saturated rings. The highest BCUT2D eigenvalue weighted by Crippen LogP contribution is 2.34. The molecule has 8 nitrogen and oxygen atoms in total. The van der Waals surface area contributed by atoms with Gasteiger partial charge in [0.1, 0.15) is 22.9 Å². The number of halogens is 1. The average Bonchev–Trinajstić information content (AvgIpc) is 2.83. The Hall–Kier alpha value is -4.14. The zero-order valence-corrected chi connectivity index (χ0v) is 18.8. The molecule has 0 bridgehead atoms. The molecule has 0 spiro atoms. The molecule has 3 aromatic rings. The number of esters is 1. The molecular formula is C25H25FN2O6. The summed E-state index contributed by atoms with van der Waals surface area (Å²) in [6.45, 7) is 1.85. The van der Waals surface area contributed by atoms with Crippen LogP contribution in [-0.4, -0.2) is 35.7 Å². The SMILES string of the molecule is CCOC(=O)c1c[nH]c(=O)c(C(CC(=O)NCc2ccc(F)cc2)c2ccc(OC)cc2)c1O. The number of carbonyl (C=O) groups excluding carboxylic acids is 2. The second kappa shape index (κ2) is 11.1. The van der Waals surface area contributed by atoms with Gasteiger partial charge in [0.25, 0.3) is 5.56 Å². The monoisotopic (exact) mass is 468 g/mol. The number of hydrogen-bond donors (Lipinski definition) is 3. The number of benzene rings is 2. The van der Waals surface area contributed by atoms with Crippen LogP contribution in [0.2, 0.25) is 0 Å². The maximum Gasteiger partial charge on any atom is 0.343 e. The van der Waals surface area contributed by atoms with Crippen molar-refractivity contribution in [3.63, 3.8) is 0 Å². The number of carbonyl (C=O) groups is 2. The van der Waals surface area contributed by atoms with Gasteiger partial charge in [-0.15, -0.1) is 0 Å². The number of nitrogens with one attached hydrogen (secondary N) is 2. The van der Waals surface area contributed by atoms with Crippen molar-refractivity contribution in [1.29, 1.82) is 0 Å². The molecule has 1 unspecified atom stereocenters. The first kappa shape index (κ1) is 24.5. The van der Waals surface area contributed by atoms with Gasteiger partial charge < -0.3 is 24.9 Å². The summed E-state index contributed by atoms with van der Waals surface area (Å²) in [5, 5.41) is 13.6. The molecule has 1 atom stereocenters. The van der Waals surface area contributed by atoms with Crippen LogP contribution in [0.25, 0.3) is 0 Å². The lowest BCUT2D eigenvalue weighted by Gasteiger charge is -2.19. The molecule has 0 saturated carbocycles. The molecule has 9 heteroatoms. The Balaban J connectivity index is 1.95. The fourth-order valence-electron chi connectivity index (χ4n) is 3.51. The van der Waals surface area contributed by atoms with Gasteiger partial charge in [0.2, 0.25) is 5.91 Å². The number of aromatic amines is 1. The predicted molar refractivity (Wildman–Crippen MR) is 122 cm³/mol. The lowest BCUT2D eigenvalue weighted by molar-refractivity contribution is -0.121. The summed E-state index contributed by atoms with van der Waals surface area (Å²) in [5.41, 5.74) is 0.271. The highest BCUT2D eigenvalue weighted by molar-refractivity contribution is 5.92. The first-order valence-corrected chi connectivity index (χ1v) is 10.6. The highest BCUT2D eigenvalue weighted by Gasteiger charge is 2.28. The van der Waals surface area contributed by atoms with E-state index in [-0.39, 0.29) is 36.5 Å². The Kier molecular flexibility index (Phi) is 8.02. The van der Waals surface area contributed by atoms with Gasteiger partial charge in [0.05, 0.1) is 19.3 Å². The summed E-state index contributed by atoms with van der Waals surface area (Å²) < 4.78 is 23.2. The molecule has 0 aliphatic carbocycles. The van der Waals surface area contributed by atoms with Crippen molar-refractivity contribution in [3.8, 4) is 11.5 Å². The number of aromatic hydroxyl groups is 1. The Morgan fingerprint density at radius 2 is 1.79 bits per heavy atom. The van der Waals surface area contributed by atoms with Crippen LogP contribution in [0.1, 0.15) is 46.3 Å². The van der Waals surface area contributed by atoms with Gasteiger partial charge in [-0.1, -0.05) is 24.3 Å². The van der Waals surface area contributed by atoms with E-state index >= 15 is 0 Å². The van der Waals surface area contributed by atoms with Crippen LogP contribution in [0, 0.1) is 5.82 Å². The molecular weight excluding hydrogens is 443 g/mol. The number of pyridine rings is 1. The fraction of sp³-hybridized carbons (Fsp3) is 0.240. The van der Waals surface area contributed by atoms with Crippen molar-refractivity contribution in [3.05, 3.63) is 93.2 Å². The summed E-state index contributed by atoms with van der Waals surface area (Å²) in [6, 6.07) is 12.4. The molecule has 34 heavy (non-hydrogen) atoms. The van der Waals surface area contributed by atoms with Crippen LogP contribution in [0.4, 0.5) is 4.39 Å². The van der Waals surface area contributed by atoms with Gasteiger partial charge in [-0.2, -0.15) is 0 Å². The molecule has 0 aliphatic heterocycles. The van der Waals surface area contributed by atoms with E-state index in [2.05, 4.69) is 10.3 Å². The smallest absolute Gasteiger partial charge is 0.343 e. The van der Waals surface area contributed by atoms with E-state index in [9.17, 15) is 23.9 Å². The molecule has 3 rings (SSSR count). The van der Waals surface area contributed by atoms with Crippen molar-refractivity contribution in [2.75, 3.05) is 13.7 Å². The Labute approximate surface area is 195 Å². The number of hydrogen-bond acceptors (Lipinski definition) is 6. The van der Waals surface area contributed by atoms with Crippen molar-refractivity contribution < 1.29 is 28.6 Å². The second-order valence-corrected chi connectivity index (χ2v) is 7.45. The van der Waals surface area contributed by atoms with Crippen LogP contribution in [0.3, 0.4) is 0 Å². The van der Waals surface area contributed by atoms with Crippen LogP contribution in [-0.2, 0) is 16.1 Å². The van der Waals surface area contributed by atoms with E-state index in [0.29, 0.717) is 16.9 Å². The lowest BCUT2D eigenvalue weighted by Crippen LogP contribution is -2.27. The van der Waals surface area contributed by atoms with E-state index in [0.717, 1.165) is 6.20 Å². The van der Waals surface area contributed by atoms with Crippen LogP contribution >= 0.6 is 0 Å². The highest BCUT2D eigenvalue weighted by atomic mass is 19.1. The Bertz CT molecular complexity index is 1210. The summed E-state index contributed by atoms with van der Waals surface area (Å²) in [7, 11) is 1.51. The van der Waals surface area contributed by atoms with E-state index in [1.165, 1.54) is 19.2 Å².